The average Bonchev–Trinajstić information content (AvgIpc) is 2.30. The highest BCUT2D eigenvalue weighted by atomic mass is 32.2. The van der Waals surface area contributed by atoms with E-state index in [0.29, 0.717) is 4.90 Å². The summed E-state index contributed by atoms with van der Waals surface area (Å²) in [7, 11) is 0. The lowest BCUT2D eigenvalue weighted by Gasteiger charge is -2.18. The number of allylic oxidation sites excluding steroid dienone is 1. The zero-order chi connectivity index (χ0) is 9.35. The molecule has 0 aromatic rings. The van der Waals surface area contributed by atoms with E-state index in [9.17, 15) is 18.0 Å². The lowest BCUT2D eigenvalue weighted by molar-refractivity contribution is -0.105. The summed E-state index contributed by atoms with van der Waals surface area (Å²) in [6.07, 6.45) is -4.50. The summed E-state index contributed by atoms with van der Waals surface area (Å²) in [5.74, 6) is -0.0653. The lowest BCUT2D eigenvalue weighted by Crippen LogP contribution is -2.37. The molecule has 3 nitrogen and oxygen atoms in total. The van der Waals surface area contributed by atoms with Gasteiger partial charge in [0.15, 0.2) is 0 Å². The molecule has 1 heterocycles. The van der Waals surface area contributed by atoms with Crippen LogP contribution in [0.15, 0.2) is 11.1 Å². The molecule has 7 heteroatoms. The van der Waals surface area contributed by atoms with E-state index in [1.807, 2.05) is 0 Å². The second-order valence-electron chi connectivity index (χ2n) is 2.06. The number of nitrogens with zero attached hydrogens (tertiary/aromatic N) is 1. The van der Waals surface area contributed by atoms with Gasteiger partial charge in [0.25, 0.3) is 0 Å². The molecule has 2 N–H and O–H groups in total. The largest absolute Gasteiger partial charge is 0.432 e. The number of thioether (sulfide) groups is 1. The summed E-state index contributed by atoms with van der Waals surface area (Å²) >= 11 is 0.889. The van der Waals surface area contributed by atoms with Crippen LogP contribution in [0, 0.1) is 0 Å². The maximum atomic E-state index is 12.0. The standard InChI is InChI=1S/C5H5F3N2OS/c6-5(7,8)3-1-12-2-10(3)4(9)11/h1H,2H2,(H2,9,11). The Morgan fingerprint density at radius 3 is 2.58 bits per heavy atom. The van der Waals surface area contributed by atoms with Gasteiger partial charge in [-0.05, 0) is 0 Å². The van der Waals surface area contributed by atoms with E-state index in [1.54, 1.807) is 0 Å². The van der Waals surface area contributed by atoms with Gasteiger partial charge in [-0.3, -0.25) is 4.90 Å². The van der Waals surface area contributed by atoms with Crippen LogP contribution in [0.5, 0.6) is 0 Å². The monoisotopic (exact) mass is 198 g/mol. The van der Waals surface area contributed by atoms with Gasteiger partial charge < -0.3 is 5.73 Å². The van der Waals surface area contributed by atoms with Gasteiger partial charge in [0.05, 0.1) is 5.88 Å². The fourth-order valence-electron chi connectivity index (χ4n) is 0.726. The third kappa shape index (κ3) is 1.66. The van der Waals surface area contributed by atoms with Gasteiger partial charge in [-0.2, -0.15) is 13.2 Å². The smallest absolute Gasteiger partial charge is 0.351 e. The van der Waals surface area contributed by atoms with Crippen LogP contribution in [-0.4, -0.2) is 23.0 Å². The van der Waals surface area contributed by atoms with E-state index in [1.165, 1.54) is 0 Å². The van der Waals surface area contributed by atoms with Crippen LogP contribution in [0.2, 0.25) is 0 Å². The molecule has 0 aromatic carbocycles. The Bertz CT molecular complexity index is 237. The molecule has 0 bridgehead atoms. The molecule has 68 valence electrons. The molecule has 0 saturated heterocycles. The molecule has 0 radical (unpaired) electrons. The zero-order valence-corrected chi connectivity index (χ0v) is 6.58. The number of halogens is 3. The van der Waals surface area contributed by atoms with Crippen molar-refractivity contribution in [3.8, 4) is 0 Å². The van der Waals surface area contributed by atoms with Crippen molar-refractivity contribution in [3.63, 3.8) is 0 Å². The van der Waals surface area contributed by atoms with Crippen LogP contribution in [0.4, 0.5) is 18.0 Å². The molecular formula is C5H5F3N2OS. The van der Waals surface area contributed by atoms with Gasteiger partial charge in [-0.25, -0.2) is 4.79 Å². The first-order chi connectivity index (χ1) is 5.43. The van der Waals surface area contributed by atoms with Crippen LogP contribution in [0.3, 0.4) is 0 Å². The molecule has 0 aromatic heterocycles. The number of alkyl halides is 3. The molecular weight excluding hydrogens is 193 g/mol. The average molecular weight is 198 g/mol. The summed E-state index contributed by atoms with van der Waals surface area (Å²) in [5.41, 5.74) is 3.73. The first-order valence-corrected chi connectivity index (χ1v) is 3.93. The third-order valence-corrected chi connectivity index (χ3v) is 2.04. The molecule has 12 heavy (non-hydrogen) atoms. The summed E-state index contributed by atoms with van der Waals surface area (Å²) < 4.78 is 36.1. The van der Waals surface area contributed by atoms with Crippen molar-refractivity contribution in [2.45, 2.75) is 6.18 Å². The van der Waals surface area contributed by atoms with Gasteiger partial charge in [0.2, 0.25) is 0 Å². The number of rotatable bonds is 0. The predicted octanol–water partition coefficient (Wildman–Crippen LogP) is 1.48. The molecule has 2 amide bonds. The Morgan fingerprint density at radius 2 is 2.25 bits per heavy atom. The van der Waals surface area contributed by atoms with E-state index in [-0.39, 0.29) is 5.88 Å². The molecule has 1 aliphatic heterocycles. The number of amides is 2. The Kier molecular flexibility index (Phi) is 2.22. The quantitative estimate of drug-likeness (QED) is 0.640. The van der Waals surface area contributed by atoms with E-state index >= 15 is 0 Å². The Hall–Kier alpha value is -0.850. The molecule has 1 rings (SSSR count). The summed E-state index contributed by atoms with van der Waals surface area (Å²) in [5, 5.41) is 0.880. The first-order valence-electron chi connectivity index (χ1n) is 2.89. The number of primary amides is 1. The zero-order valence-electron chi connectivity index (χ0n) is 5.76. The normalized spacial score (nSPS) is 17.9. The fourth-order valence-corrected chi connectivity index (χ4v) is 1.63. The highest BCUT2D eigenvalue weighted by Gasteiger charge is 2.41. The second-order valence-corrected chi connectivity index (χ2v) is 2.89. The molecule has 0 unspecified atom stereocenters. The highest BCUT2D eigenvalue weighted by molar-refractivity contribution is 8.02. The van der Waals surface area contributed by atoms with Gasteiger partial charge in [-0.15, -0.1) is 11.8 Å². The van der Waals surface area contributed by atoms with Crippen molar-refractivity contribution in [2.75, 3.05) is 5.88 Å². The van der Waals surface area contributed by atoms with Gasteiger partial charge in [0, 0.05) is 5.41 Å². The van der Waals surface area contributed by atoms with Crippen LogP contribution < -0.4 is 5.73 Å². The van der Waals surface area contributed by atoms with Crippen molar-refractivity contribution in [2.24, 2.45) is 5.73 Å². The number of nitrogens with two attached hydrogens (primary N) is 1. The van der Waals surface area contributed by atoms with E-state index in [4.69, 9.17) is 5.73 Å². The summed E-state index contributed by atoms with van der Waals surface area (Å²) in [6, 6.07) is -1.08. The number of urea groups is 1. The minimum atomic E-state index is -4.50. The Morgan fingerprint density at radius 1 is 1.67 bits per heavy atom. The maximum absolute atomic E-state index is 12.0. The van der Waals surface area contributed by atoms with Crippen LogP contribution in [0.1, 0.15) is 0 Å². The second kappa shape index (κ2) is 2.89. The van der Waals surface area contributed by atoms with Crippen LogP contribution >= 0.6 is 11.8 Å². The van der Waals surface area contributed by atoms with Crippen LogP contribution in [-0.2, 0) is 0 Å². The summed E-state index contributed by atoms with van der Waals surface area (Å²) in [6.45, 7) is 0. The molecule has 1 aliphatic rings. The lowest BCUT2D eigenvalue weighted by atomic mass is 10.4. The van der Waals surface area contributed by atoms with Crippen molar-refractivity contribution < 1.29 is 18.0 Å². The number of carbonyl (C=O) groups is 1. The molecule has 0 aliphatic carbocycles. The molecule has 0 saturated carbocycles. The fraction of sp³-hybridized carbons (Fsp3) is 0.400. The molecule has 0 fully saturated rings. The number of hydrogen-bond donors (Lipinski definition) is 1. The minimum absolute atomic E-state index is 0.0653. The first kappa shape index (κ1) is 9.24. The Labute approximate surface area is 70.4 Å². The topological polar surface area (TPSA) is 46.3 Å². The van der Waals surface area contributed by atoms with E-state index in [0.717, 1.165) is 17.2 Å². The number of hydrogen-bond acceptors (Lipinski definition) is 2. The van der Waals surface area contributed by atoms with Gasteiger partial charge in [0.1, 0.15) is 5.70 Å². The minimum Gasteiger partial charge on any atom is -0.351 e. The predicted molar refractivity (Wildman–Crippen MR) is 38.0 cm³/mol. The van der Waals surface area contributed by atoms with E-state index < -0.39 is 17.9 Å². The van der Waals surface area contributed by atoms with Crippen molar-refractivity contribution in [1.29, 1.82) is 0 Å². The molecule has 0 atom stereocenters. The summed E-state index contributed by atoms with van der Waals surface area (Å²) in [4.78, 5) is 10.9. The number of carbonyl (C=O) groups excluding carboxylic acids is 1. The van der Waals surface area contributed by atoms with Crippen molar-refractivity contribution in [1.82, 2.24) is 4.90 Å². The van der Waals surface area contributed by atoms with Crippen LogP contribution in [0.25, 0.3) is 0 Å². The van der Waals surface area contributed by atoms with Crippen molar-refractivity contribution in [3.05, 3.63) is 11.1 Å². The highest BCUT2D eigenvalue weighted by Crippen LogP contribution is 2.35. The van der Waals surface area contributed by atoms with Crippen molar-refractivity contribution >= 4 is 17.8 Å². The van der Waals surface area contributed by atoms with Gasteiger partial charge in [-0.1, -0.05) is 0 Å². The van der Waals surface area contributed by atoms with Gasteiger partial charge >= 0.3 is 12.2 Å². The maximum Gasteiger partial charge on any atom is 0.432 e. The Balaban J connectivity index is 2.83. The SMILES string of the molecule is NC(=O)N1CSC=C1C(F)(F)F. The van der Waals surface area contributed by atoms with E-state index in [2.05, 4.69) is 0 Å². The third-order valence-electron chi connectivity index (χ3n) is 1.25. The molecule has 0 spiro atoms.